The molecule has 15 heavy (non-hydrogen) atoms. The Hall–Kier alpha value is -0.570. The van der Waals surface area contributed by atoms with E-state index in [1.54, 1.807) is 0 Å². The first kappa shape index (κ1) is 10.9. The molecule has 2 rings (SSSR count). The molecule has 0 aliphatic heterocycles. The van der Waals surface area contributed by atoms with Crippen LogP contribution >= 0.6 is 0 Å². The van der Waals surface area contributed by atoms with Crippen molar-refractivity contribution in [2.45, 2.75) is 51.0 Å². The number of rotatable bonds is 4. The third-order valence-electron chi connectivity index (χ3n) is 3.69. The second-order valence-corrected chi connectivity index (χ2v) is 5.13. The molecule has 86 valence electrons. The van der Waals surface area contributed by atoms with E-state index in [9.17, 15) is 4.79 Å². The fourth-order valence-electron chi connectivity index (χ4n) is 2.33. The van der Waals surface area contributed by atoms with Crippen LogP contribution in [0.4, 0.5) is 0 Å². The van der Waals surface area contributed by atoms with Crippen LogP contribution < -0.4 is 11.1 Å². The summed E-state index contributed by atoms with van der Waals surface area (Å²) < 4.78 is 0. The second kappa shape index (κ2) is 4.97. The number of amides is 1. The van der Waals surface area contributed by atoms with E-state index < -0.39 is 0 Å². The van der Waals surface area contributed by atoms with Crippen LogP contribution in [-0.4, -0.2) is 18.5 Å². The van der Waals surface area contributed by atoms with Gasteiger partial charge in [-0.1, -0.05) is 12.8 Å². The maximum Gasteiger partial charge on any atom is 0.223 e. The minimum absolute atomic E-state index is 0.240. The Morgan fingerprint density at radius 3 is 2.40 bits per heavy atom. The predicted octanol–water partition coefficient (Wildman–Crippen LogP) is 1.42. The maximum atomic E-state index is 11.8. The third-order valence-corrected chi connectivity index (χ3v) is 3.69. The van der Waals surface area contributed by atoms with Crippen LogP contribution in [0.1, 0.15) is 44.9 Å². The quantitative estimate of drug-likeness (QED) is 0.737. The summed E-state index contributed by atoms with van der Waals surface area (Å²) in [5, 5.41) is 3.06. The normalized spacial score (nSPS) is 31.3. The molecule has 0 aromatic rings. The summed E-state index contributed by atoms with van der Waals surface area (Å²) >= 11 is 0. The van der Waals surface area contributed by atoms with Crippen LogP contribution in [0.5, 0.6) is 0 Å². The Kier molecular flexibility index (Phi) is 3.62. The highest BCUT2D eigenvalue weighted by Gasteiger charge is 2.25. The standard InChI is InChI=1S/C12H22N2O/c13-11-5-3-10(4-6-11)12(15)14-8-7-9-1-2-9/h9-11H,1-8,13H2,(H,14,15). The van der Waals surface area contributed by atoms with Crippen molar-refractivity contribution < 1.29 is 4.79 Å². The van der Waals surface area contributed by atoms with Gasteiger partial charge in [-0.05, 0) is 38.0 Å². The summed E-state index contributed by atoms with van der Waals surface area (Å²) in [6, 6.07) is 0.334. The van der Waals surface area contributed by atoms with Crippen LogP contribution in [0.3, 0.4) is 0 Å². The highest BCUT2D eigenvalue weighted by Crippen LogP contribution is 2.31. The van der Waals surface area contributed by atoms with Crippen molar-refractivity contribution >= 4 is 5.91 Å². The first-order valence-electron chi connectivity index (χ1n) is 6.29. The summed E-state index contributed by atoms with van der Waals surface area (Å²) in [4.78, 5) is 11.8. The Balaban J connectivity index is 1.61. The van der Waals surface area contributed by atoms with Gasteiger partial charge in [-0.15, -0.1) is 0 Å². The number of nitrogens with two attached hydrogens (primary N) is 1. The zero-order chi connectivity index (χ0) is 10.7. The van der Waals surface area contributed by atoms with E-state index in [-0.39, 0.29) is 11.8 Å². The maximum absolute atomic E-state index is 11.8. The summed E-state index contributed by atoms with van der Waals surface area (Å²) in [6.45, 7) is 0.881. The van der Waals surface area contributed by atoms with Crippen molar-refractivity contribution in [2.24, 2.45) is 17.6 Å². The summed E-state index contributed by atoms with van der Waals surface area (Å²) in [6.07, 6.45) is 7.91. The SMILES string of the molecule is NC1CCC(C(=O)NCCC2CC2)CC1. The molecule has 0 bridgehead atoms. The largest absolute Gasteiger partial charge is 0.356 e. The molecule has 0 atom stereocenters. The summed E-state index contributed by atoms with van der Waals surface area (Å²) in [5.41, 5.74) is 5.81. The molecule has 0 heterocycles. The van der Waals surface area contributed by atoms with Crippen LogP contribution in [-0.2, 0) is 4.79 Å². The molecule has 3 heteroatoms. The van der Waals surface area contributed by atoms with E-state index >= 15 is 0 Å². The number of hydrogen-bond donors (Lipinski definition) is 2. The van der Waals surface area contributed by atoms with Gasteiger partial charge in [0.25, 0.3) is 0 Å². The predicted molar refractivity (Wildman–Crippen MR) is 60.3 cm³/mol. The number of carbonyl (C=O) groups is 1. The van der Waals surface area contributed by atoms with Gasteiger partial charge >= 0.3 is 0 Å². The number of nitrogens with one attached hydrogen (secondary N) is 1. The summed E-state index contributed by atoms with van der Waals surface area (Å²) in [7, 11) is 0. The van der Waals surface area contributed by atoms with Crippen molar-refractivity contribution in [3.63, 3.8) is 0 Å². The first-order chi connectivity index (χ1) is 7.25. The van der Waals surface area contributed by atoms with Gasteiger partial charge in [0.2, 0.25) is 5.91 Å². The van der Waals surface area contributed by atoms with Crippen LogP contribution in [0, 0.1) is 11.8 Å². The van der Waals surface area contributed by atoms with Gasteiger partial charge in [-0.2, -0.15) is 0 Å². The Morgan fingerprint density at radius 2 is 1.80 bits per heavy atom. The molecule has 1 amide bonds. The highest BCUT2D eigenvalue weighted by molar-refractivity contribution is 5.78. The van der Waals surface area contributed by atoms with Crippen molar-refractivity contribution in [3.8, 4) is 0 Å². The Morgan fingerprint density at radius 1 is 1.13 bits per heavy atom. The number of carbonyl (C=O) groups excluding carboxylic acids is 1. The lowest BCUT2D eigenvalue weighted by Gasteiger charge is -2.25. The molecule has 2 saturated carbocycles. The van der Waals surface area contributed by atoms with Crippen molar-refractivity contribution in [1.82, 2.24) is 5.32 Å². The van der Waals surface area contributed by atoms with E-state index in [0.717, 1.165) is 38.1 Å². The molecule has 0 saturated heterocycles. The molecule has 2 fully saturated rings. The molecule has 2 aliphatic carbocycles. The smallest absolute Gasteiger partial charge is 0.223 e. The van der Waals surface area contributed by atoms with Gasteiger partial charge in [-0.25, -0.2) is 0 Å². The molecule has 3 N–H and O–H groups in total. The lowest BCUT2D eigenvalue weighted by Crippen LogP contribution is -2.36. The lowest BCUT2D eigenvalue weighted by molar-refractivity contribution is -0.126. The Bertz CT molecular complexity index is 218. The Labute approximate surface area is 91.8 Å². The molecular formula is C12H22N2O. The lowest BCUT2D eigenvalue weighted by atomic mass is 9.86. The van der Waals surface area contributed by atoms with Crippen molar-refractivity contribution in [2.75, 3.05) is 6.54 Å². The fourth-order valence-corrected chi connectivity index (χ4v) is 2.33. The van der Waals surface area contributed by atoms with E-state index in [1.807, 2.05) is 0 Å². The van der Waals surface area contributed by atoms with Gasteiger partial charge in [0.15, 0.2) is 0 Å². The third kappa shape index (κ3) is 3.49. The second-order valence-electron chi connectivity index (χ2n) is 5.13. The highest BCUT2D eigenvalue weighted by atomic mass is 16.1. The molecule has 0 unspecified atom stereocenters. The van der Waals surface area contributed by atoms with Gasteiger partial charge in [0, 0.05) is 18.5 Å². The monoisotopic (exact) mass is 210 g/mol. The van der Waals surface area contributed by atoms with E-state index in [1.165, 1.54) is 19.3 Å². The fraction of sp³-hybridized carbons (Fsp3) is 0.917. The van der Waals surface area contributed by atoms with Gasteiger partial charge in [0.05, 0.1) is 0 Å². The first-order valence-corrected chi connectivity index (χ1v) is 6.29. The topological polar surface area (TPSA) is 55.1 Å². The minimum Gasteiger partial charge on any atom is -0.356 e. The average molecular weight is 210 g/mol. The zero-order valence-electron chi connectivity index (χ0n) is 9.37. The number of hydrogen-bond acceptors (Lipinski definition) is 2. The zero-order valence-corrected chi connectivity index (χ0v) is 9.37. The summed E-state index contributed by atoms with van der Waals surface area (Å²) in [5.74, 6) is 1.41. The molecule has 2 aliphatic rings. The van der Waals surface area contributed by atoms with Crippen LogP contribution in [0.15, 0.2) is 0 Å². The molecule has 0 spiro atoms. The average Bonchev–Trinajstić information content (AvgIpc) is 3.02. The van der Waals surface area contributed by atoms with E-state index in [0.29, 0.717) is 6.04 Å². The molecule has 0 radical (unpaired) electrons. The molecule has 0 aromatic carbocycles. The molecule has 0 aromatic heterocycles. The van der Waals surface area contributed by atoms with Gasteiger partial charge in [-0.3, -0.25) is 4.79 Å². The molecular weight excluding hydrogens is 188 g/mol. The van der Waals surface area contributed by atoms with Crippen LogP contribution in [0.25, 0.3) is 0 Å². The van der Waals surface area contributed by atoms with E-state index in [4.69, 9.17) is 5.73 Å². The molecule has 3 nitrogen and oxygen atoms in total. The van der Waals surface area contributed by atoms with E-state index in [2.05, 4.69) is 5.32 Å². The van der Waals surface area contributed by atoms with Gasteiger partial charge in [0.1, 0.15) is 0 Å². The van der Waals surface area contributed by atoms with Crippen LogP contribution in [0.2, 0.25) is 0 Å². The van der Waals surface area contributed by atoms with Crippen molar-refractivity contribution in [1.29, 1.82) is 0 Å². The minimum atomic E-state index is 0.240. The van der Waals surface area contributed by atoms with Gasteiger partial charge < -0.3 is 11.1 Å². The van der Waals surface area contributed by atoms with Crippen molar-refractivity contribution in [3.05, 3.63) is 0 Å².